The van der Waals surface area contributed by atoms with Crippen LogP contribution < -0.4 is 5.32 Å². The molecule has 0 bridgehead atoms. The summed E-state index contributed by atoms with van der Waals surface area (Å²) in [5.74, 6) is 0.203. The van der Waals surface area contributed by atoms with Crippen LogP contribution in [0.25, 0.3) is 0 Å². The van der Waals surface area contributed by atoms with Crippen molar-refractivity contribution in [3.63, 3.8) is 0 Å². The highest BCUT2D eigenvalue weighted by atomic mass is 16.2. The molecule has 2 amide bonds. The molecule has 1 aromatic heterocycles. The van der Waals surface area contributed by atoms with Gasteiger partial charge < -0.3 is 10.2 Å². The van der Waals surface area contributed by atoms with Gasteiger partial charge in [0, 0.05) is 30.5 Å². The number of aryl methyl sites for hydroxylation is 2. The van der Waals surface area contributed by atoms with Gasteiger partial charge in [0.2, 0.25) is 11.8 Å². The summed E-state index contributed by atoms with van der Waals surface area (Å²) in [6.07, 6.45) is 1.09. The average Bonchev–Trinajstić information content (AvgIpc) is 2.88. The Morgan fingerprint density at radius 3 is 2.54 bits per heavy atom. The van der Waals surface area contributed by atoms with Crippen molar-refractivity contribution in [1.82, 2.24) is 14.7 Å². The molecule has 6 heteroatoms. The topological polar surface area (TPSA) is 67.2 Å². The Morgan fingerprint density at radius 2 is 1.89 bits per heavy atom. The maximum atomic E-state index is 12.7. The molecule has 1 aromatic carbocycles. The number of likely N-dealkylation sites (N-methyl/N-ethyl adjacent to an activating group) is 1. The first kappa shape index (κ1) is 21.7. The first-order chi connectivity index (χ1) is 13.2. The minimum absolute atomic E-state index is 0.0229. The fourth-order valence-electron chi connectivity index (χ4n) is 3.24. The summed E-state index contributed by atoms with van der Waals surface area (Å²) in [6, 6.07) is 7.72. The zero-order valence-corrected chi connectivity index (χ0v) is 17.9. The van der Waals surface area contributed by atoms with Crippen LogP contribution in [0.5, 0.6) is 0 Å². The summed E-state index contributed by atoms with van der Waals surface area (Å²) in [6.45, 7) is 11.1. The first-order valence-electron chi connectivity index (χ1n) is 9.87. The first-order valence-corrected chi connectivity index (χ1v) is 9.87. The molecule has 1 heterocycles. The van der Waals surface area contributed by atoms with Crippen molar-refractivity contribution in [2.75, 3.05) is 18.9 Å². The number of benzene rings is 1. The molecule has 0 aliphatic heterocycles. The minimum atomic E-state index is -0.194. The van der Waals surface area contributed by atoms with Crippen LogP contribution in [0.1, 0.15) is 43.3 Å². The second kappa shape index (κ2) is 9.53. The lowest BCUT2D eigenvalue weighted by Gasteiger charge is -2.18. The van der Waals surface area contributed by atoms with Crippen molar-refractivity contribution in [1.29, 1.82) is 0 Å². The van der Waals surface area contributed by atoms with E-state index in [4.69, 9.17) is 0 Å². The van der Waals surface area contributed by atoms with Crippen LogP contribution in [0.15, 0.2) is 24.3 Å². The molecule has 0 aliphatic carbocycles. The number of nitrogens with one attached hydrogen (secondary N) is 1. The molecule has 2 aromatic rings. The van der Waals surface area contributed by atoms with Gasteiger partial charge in [0.25, 0.3) is 0 Å². The van der Waals surface area contributed by atoms with Gasteiger partial charge in [0.1, 0.15) is 0 Å². The fraction of sp³-hybridized carbons (Fsp3) is 0.500. The van der Waals surface area contributed by atoms with Gasteiger partial charge >= 0.3 is 0 Å². The van der Waals surface area contributed by atoms with E-state index in [-0.39, 0.29) is 24.8 Å². The van der Waals surface area contributed by atoms with E-state index in [0.29, 0.717) is 5.92 Å². The summed E-state index contributed by atoms with van der Waals surface area (Å²) in [5.41, 5.74) is 4.73. The highest BCUT2D eigenvalue weighted by Gasteiger charge is 2.19. The molecule has 28 heavy (non-hydrogen) atoms. The van der Waals surface area contributed by atoms with Gasteiger partial charge in [-0.05, 0) is 37.8 Å². The number of para-hydroxylation sites is 1. The van der Waals surface area contributed by atoms with Gasteiger partial charge in [-0.2, -0.15) is 5.10 Å². The molecule has 0 unspecified atom stereocenters. The summed E-state index contributed by atoms with van der Waals surface area (Å²) < 4.78 is 1.97. The second-order valence-electron chi connectivity index (χ2n) is 7.71. The van der Waals surface area contributed by atoms with Gasteiger partial charge in [-0.25, -0.2) is 0 Å². The van der Waals surface area contributed by atoms with E-state index in [1.165, 1.54) is 4.90 Å². The van der Waals surface area contributed by atoms with Crippen molar-refractivity contribution >= 4 is 17.5 Å². The van der Waals surface area contributed by atoms with E-state index < -0.39 is 0 Å². The van der Waals surface area contributed by atoms with Crippen LogP contribution in [0.2, 0.25) is 0 Å². The average molecular weight is 385 g/mol. The number of rotatable bonds is 8. The fourth-order valence-corrected chi connectivity index (χ4v) is 3.24. The Hall–Kier alpha value is -2.63. The number of anilines is 1. The molecule has 0 atom stereocenters. The van der Waals surface area contributed by atoms with Crippen LogP contribution in [-0.4, -0.2) is 40.1 Å². The maximum Gasteiger partial charge on any atom is 0.243 e. The largest absolute Gasteiger partial charge is 0.336 e. The third-order valence-electron chi connectivity index (χ3n) is 4.88. The Balaban J connectivity index is 1.99. The second-order valence-corrected chi connectivity index (χ2v) is 7.71. The number of aromatic nitrogens is 2. The quantitative estimate of drug-likeness (QED) is 0.759. The SMILES string of the molecule is CCc1ccccc1NC(=O)CN(C)C(=O)Cc1c(C)nn(CC(C)C)c1C. The van der Waals surface area contributed by atoms with Gasteiger partial charge in [-0.3, -0.25) is 14.3 Å². The van der Waals surface area contributed by atoms with E-state index in [1.54, 1.807) is 7.05 Å². The highest BCUT2D eigenvalue weighted by Crippen LogP contribution is 2.17. The number of nitrogens with zero attached hydrogens (tertiary/aromatic N) is 3. The predicted molar refractivity (Wildman–Crippen MR) is 112 cm³/mol. The normalized spacial score (nSPS) is 11.0. The van der Waals surface area contributed by atoms with Gasteiger partial charge in [0.15, 0.2) is 0 Å². The summed E-state index contributed by atoms with van der Waals surface area (Å²) in [5, 5.41) is 7.48. The van der Waals surface area contributed by atoms with Crippen molar-refractivity contribution < 1.29 is 9.59 Å². The van der Waals surface area contributed by atoms with E-state index in [2.05, 4.69) is 24.3 Å². The molecule has 2 rings (SSSR count). The number of carbonyl (C=O) groups is 2. The van der Waals surface area contributed by atoms with Crippen molar-refractivity contribution in [2.45, 2.75) is 54.0 Å². The van der Waals surface area contributed by atoms with E-state index in [0.717, 1.165) is 41.2 Å². The molecule has 0 saturated heterocycles. The maximum absolute atomic E-state index is 12.7. The third-order valence-corrected chi connectivity index (χ3v) is 4.88. The van der Waals surface area contributed by atoms with Gasteiger partial charge in [0.05, 0.1) is 18.7 Å². The molecule has 0 saturated carbocycles. The lowest BCUT2D eigenvalue weighted by Crippen LogP contribution is -2.36. The smallest absolute Gasteiger partial charge is 0.243 e. The Labute approximate surface area is 167 Å². The Kier molecular flexibility index (Phi) is 7.38. The van der Waals surface area contributed by atoms with Crippen molar-refractivity contribution in [3.05, 3.63) is 46.8 Å². The minimum Gasteiger partial charge on any atom is -0.336 e. The molecule has 0 spiro atoms. The molecule has 0 aliphatic rings. The number of amides is 2. The molecule has 6 nitrogen and oxygen atoms in total. The van der Waals surface area contributed by atoms with Crippen LogP contribution in [0.3, 0.4) is 0 Å². The Bertz CT molecular complexity index is 839. The standard InChI is InChI=1S/C22H32N4O2/c1-7-18-10-8-9-11-20(18)23-21(27)14-25(6)22(28)12-19-16(4)24-26(17(19)5)13-15(2)3/h8-11,15H,7,12-14H2,1-6H3,(H,23,27). The monoisotopic (exact) mass is 384 g/mol. The molecular formula is C22H32N4O2. The lowest BCUT2D eigenvalue weighted by atomic mass is 10.1. The van der Waals surface area contributed by atoms with Gasteiger partial charge in [-0.1, -0.05) is 39.0 Å². The van der Waals surface area contributed by atoms with E-state index >= 15 is 0 Å². The zero-order chi connectivity index (χ0) is 20.8. The lowest BCUT2D eigenvalue weighted by molar-refractivity contribution is -0.132. The van der Waals surface area contributed by atoms with E-state index in [1.807, 2.05) is 49.7 Å². The third kappa shape index (κ3) is 5.44. The summed E-state index contributed by atoms with van der Waals surface area (Å²) in [4.78, 5) is 26.5. The van der Waals surface area contributed by atoms with E-state index in [9.17, 15) is 9.59 Å². The summed E-state index contributed by atoms with van der Waals surface area (Å²) >= 11 is 0. The molecule has 0 fully saturated rings. The highest BCUT2D eigenvalue weighted by molar-refractivity contribution is 5.95. The number of hydrogen-bond donors (Lipinski definition) is 1. The van der Waals surface area contributed by atoms with Crippen LogP contribution in [0, 0.1) is 19.8 Å². The number of carbonyl (C=O) groups excluding carboxylic acids is 2. The molecule has 152 valence electrons. The number of hydrogen-bond acceptors (Lipinski definition) is 3. The summed E-state index contributed by atoms with van der Waals surface area (Å²) in [7, 11) is 1.66. The molecule has 0 radical (unpaired) electrons. The Morgan fingerprint density at radius 1 is 1.21 bits per heavy atom. The van der Waals surface area contributed by atoms with Crippen LogP contribution in [-0.2, 0) is 29.0 Å². The van der Waals surface area contributed by atoms with Gasteiger partial charge in [-0.15, -0.1) is 0 Å². The van der Waals surface area contributed by atoms with Crippen molar-refractivity contribution in [3.8, 4) is 0 Å². The molecular weight excluding hydrogens is 352 g/mol. The van der Waals surface area contributed by atoms with Crippen LogP contribution >= 0.6 is 0 Å². The van der Waals surface area contributed by atoms with Crippen LogP contribution in [0.4, 0.5) is 5.69 Å². The molecule has 1 N–H and O–H groups in total. The predicted octanol–water partition coefficient (Wildman–Crippen LogP) is 3.36. The zero-order valence-electron chi connectivity index (χ0n) is 17.9. The van der Waals surface area contributed by atoms with Crippen molar-refractivity contribution in [2.24, 2.45) is 5.92 Å².